The van der Waals surface area contributed by atoms with Crippen molar-refractivity contribution in [3.63, 3.8) is 0 Å². The summed E-state index contributed by atoms with van der Waals surface area (Å²) >= 11 is 0. The number of nitrogens with zero attached hydrogens (tertiary/aromatic N) is 2. The molecule has 5 heteroatoms. The van der Waals surface area contributed by atoms with Crippen LogP contribution in [0.3, 0.4) is 0 Å². The number of piperidine rings is 1. The summed E-state index contributed by atoms with van der Waals surface area (Å²) in [6.45, 7) is 6.44. The third-order valence-corrected chi connectivity index (χ3v) is 3.69. The van der Waals surface area contributed by atoms with E-state index in [1.165, 1.54) is 11.1 Å². The molecular formula is C15H24N4O. The van der Waals surface area contributed by atoms with E-state index in [2.05, 4.69) is 33.5 Å². The lowest BCUT2D eigenvalue weighted by Crippen LogP contribution is -2.44. The number of pyridine rings is 1. The van der Waals surface area contributed by atoms with E-state index in [1.807, 2.05) is 13.2 Å². The second-order valence-corrected chi connectivity index (χ2v) is 5.48. The normalized spacial score (nSPS) is 16.2. The van der Waals surface area contributed by atoms with Crippen molar-refractivity contribution in [1.29, 1.82) is 0 Å². The SMILES string of the molecule is CNCc1cnc(N2CCC(NC(C)=O)CC2)c(C)c1. The standard InChI is InChI=1S/C15H24N4O/c1-11-8-13(9-16-3)10-17-15(11)19-6-4-14(5-7-19)18-12(2)20/h8,10,14,16H,4-7,9H2,1-3H3,(H,18,20). The number of carbonyl (C=O) groups is 1. The van der Waals surface area contributed by atoms with Gasteiger partial charge in [-0.2, -0.15) is 0 Å². The highest BCUT2D eigenvalue weighted by atomic mass is 16.1. The summed E-state index contributed by atoms with van der Waals surface area (Å²) in [5, 5.41) is 6.14. The van der Waals surface area contributed by atoms with Gasteiger partial charge >= 0.3 is 0 Å². The van der Waals surface area contributed by atoms with Crippen LogP contribution in [0.1, 0.15) is 30.9 Å². The van der Waals surface area contributed by atoms with Crippen molar-refractivity contribution >= 4 is 11.7 Å². The number of aromatic nitrogens is 1. The van der Waals surface area contributed by atoms with E-state index in [0.717, 1.165) is 38.3 Å². The lowest BCUT2D eigenvalue weighted by Gasteiger charge is -2.33. The average Bonchev–Trinajstić information content (AvgIpc) is 2.40. The monoisotopic (exact) mass is 276 g/mol. The summed E-state index contributed by atoms with van der Waals surface area (Å²) in [6.07, 6.45) is 3.91. The summed E-state index contributed by atoms with van der Waals surface area (Å²) in [5.41, 5.74) is 2.43. The molecule has 20 heavy (non-hydrogen) atoms. The second kappa shape index (κ2) is 6.70. The largest absolute Gasteiger partial charge is 0.356 e. The lowest BCUT2D eigenvalue weighted by atomic mass is 10.0. The van der Waals surface area contributed by atoms with E-state index < -0.39 is 0 Å². The maximum atomic E-state index is 11.1. The second-order valence-electron chi connectivity index (χ2n) is 5.48. The third kappa shape index (κ3) is 3.70. The quantitative estimate of drug-likeness (QED) is 0.868. The number of nitrogens with one attached hydrogen (secondary N) is 2. The van der Waals surface area contributed by atoms with Crippen LogP contribution in [0.2, 0.25) is 0 Å². The Bertz CT molecular complexity index is 467. The molecule has 1 fully saturated rings. The first-order chi connectivity index (χ1) is 9.60. The van der Waals surface area contributed by atoms with Crippen molar-refractivity contribution in [2.75, 3.05) is 25.0 Å². The molecule has 1 aromatic heterocycles. The van der Waals surface area contributed by atoms with Crippen molar-refractivity contribution in [2.45, 2.75) is 39.3 Å². The number of anilines is 1. The molecule has 0 aromatic carbocycles. The van der Waals surface area contributed by atoms with Gasteiger partial charge in [0.1, 0.15) is 5.82 Å². The molecule has 0 spiro atoms. The van der Waals surface area contributed by atoms with Crippen LogP contribution >= 0.6 is 0 Å². The van der Waals surface area contributed by atoms with E-state index in [-0.39, 0.29) is 5.91 Å². The van der Waals surface area contributed by atoms with Gasteiger partial charge in [0.2, 0.25) is 5.91 Å². The van der Waals surface area contributed by atoms with Gasteiger partial charge in [-0.1, -0.05) is 0 Å². The summed E-state index contributed by atoms with van der Waals surface area (Å²) in [5.74, 6) is 1.14. The molecule has 1 aliphatic heterocycles. The van der Waals surface area contributed by atoms with Crippen molar-refractivity contribution in [1.82, 2.24) is 15.6 Å². The van der Waals surface area contributed by atoms with Gasteiger partial charge in [0.25, 0.3) is 0 Å². The van der Waals surface area contributed by atoms with E-state index in [1.54, 1.807) is 6.92 Å². The molecule has 0 unspecified atom stereocenters. The predicted molar refractivity (Wildman–Crippen MR) is 80.8 cm³/mol. The third-order valence-electron chi connectivity index (χ3n) is 3.69. The Balaban J connectivity index is 1.98. The number of rotatable bonds is 4. The van der Waals surface area contributed by atoms with Crippen molar-refractivity contribution < 1.29 is 4.79 Å². The van der Waals surface area contributed by atoms with Gasteiger partial charge in [-0.25, -0.2) is 4.98 Å². The Morgan fingerprint density at radius 1 is 1.45 bits per heavy atom. The maximum absolute atomic E-state index is 11.1. The fourth-order valence-corrected chi connectivity index (χ4v) is 2.78. The molecule has 1 aliphatic rings. The molecular weight excluding hydrogens is 252 g/mol. The topological polar surface area (TPSA) is 57.3 Å². The highest BCUT2D eigenvalue weighted by Gasteiger charge is 2.21. The Morgan fingerprint density at radius 2 is 2.15 bits per heavy atom. The molecule has 1 amide bonds. The zero-order chi connectivity index (χ0) is 14.5. The van der Waals surface area contributed by atoms with Crippen molar-refractivity contribution in [3.8, 4) is 0 Å². The van der Waals surface area contributed by atoms with E-state index >= 15 is 0 Å². The smallest absolute Gasteiger partial charge is 0.217 e. The Kier molecular flexibility index (Phi) is 4.95. The van der Waals surface area contributed by atoms with Gasteiger partial charge in [-0.15, -0.1) is 0 Å². The average molecular weight is 276 g/mol. The number of aryl methyl sites for hydroxylation is 1. The first-order valence-electron chi connectivity index (χ1n) is 7.22. The number of hydrogen-bond acceptors (Lipinski definition) is 4. The molecule has 1 aromatic rings. The van der Waals surface area contributed by atoms with Crippen molar-refractivity contribution in [3.05, 3.63) is 23.4 Å². The molecule has 2 N–H and O–H groups in total. The molecule has 5 nitrogen and oxygen atoms in total. The molecule has 0 radical (unpaired) electrons. The van der Waals surface area contributed by atoms with E-state index in [0.29, 0.717) is 6.04 Å². The van der Waals surface area contributed by atoms with Crippen LogP contribution in [0.5, 0.6) is 0 Å². The van der Waals surface area contributed by atoms with Crippen LogP contribution in [-0.2, 0) is 11.3 Å². The van der Waals surface area contributed by atoms with Crippen LogP contribution < -0.4 is 15.5 Å². The minimum atomic E-state index is 0.0641. The molecule has 0 saturated carbocycles. The Hall–Kier alpha value is -1.62. The fourth-order valence-electron chi connectivity index (χ4n) is 2.78. The molecule has 110 valence electrons. The van der Waals surface area contributed by atoms with Gasteiger partial charge in [0.15, 0.2) is 0 Å². The van der Waals surface area contributed by atoms with Gasteiger partial charge < -0.3 is 15.5 Å². The lowest BCUT2D eigenvalue weighted by molar-refractivity contribution is -0.119. The van der Waals surface area contributed by atoms with E-state index in [9.17, 15) is 4.79 Å². The van der Waals surface area contributed by atoms with Crippen LogP contribution in [0.15, 0.2) is 12.3 Å². The van der Waals surface area contributed by atoms with Crippen LogP contribution in [0.4, 0.5) is 5.82 Å². The summed E-state index contributed by atoms with van der Waals surface area (Å²) in [6, 6.07) is 2.51. The molecule has 0 atom stereocenters. The predicted octanol–water partition coefficient (Wildman–Crippen LogP) is 1.21. The highest BCUT2D eigenvalue weighted by molar-refractivity contribution is 5.73. The van der Waals surface area contributed by atoms with Crippen LogP contribution in [-0.4, -0.2) is 37.1 Å². The van der Waals surface area contributed by atoms with Crippen LogP contribution in [0, 0.1) is 6.92 Å². The molecule has 2 rings (SSSR count). The van der Waals surface area contributed by atoms with Gasteiger partial charge in [-0.05, 0) is 44.0 Å². The van der Waals surface area contributed by atoms with E-state index in [4.69, 9.17) is 0 Å². The first-order valence-corrected chi connectivity index (χ1v) is 7.22. The minimum Gasteiger partial charge on any atom is -0.356 e. The highest BCUT2D eigenvalue weighted by Crippen LogP contribution is 2.22. The first kappa shape index (κ1) is 14.8. The Morgan fingerprint density at radius 3 is 2.70 bits per heavy atom. The molecule has 0 bridgehead atoms. The van der Waals surface area contributed by atoms with Crippen LogP contribution in [0.25, 0.3) is 0 Å². The van der Waals surface area contributed by atoms with Gasteiger partial charge in [0.05, 0.1) is 0 Å². The molecule has 0 aliphatic carbocycles. The summed E-state index contributed by atoms with van der Waals surface area (Å²) in [4.78, 5) is 18.0. The molecule has 2 heterocycles. The fraction of sp³-hybridized carbons (Fsp3) is 0.600. The summed E-state index contributed by atoms with van der Waals surface area (Å²) < 4.78 is 0. The number of carbonyl (C=O) groups excluding carboxylic acids is 1. The Labute approximate surface area is 120 Å². The number of hydrogen-bond donors (Lipinski definition) is 2. The molecule has 1 saturated heterocycles. The number of amides is 1. The van der Waals surface area contributed by atoms with Gasteiger partial charge in [0, 0.05) is 38.8 Å². The van der Waals surface area contributed by atoms with Gasteiger partial charge in [-0.3, -0.25) is 4.79 Å². The maximum Gasteiger partial charge on any atom is 0.217 e. The minimum absolute atomic E-state index is 0.0641. The summed E-state index contributed by atoms with van der Waals surface area (Å²) in [7, 11) is 1.94. The zero-order valence-corrected chi connectivity index (χ0v) is 12.6. The zero-order valence-electron chi connectivity index (χ0n) is 12.6. The van der Waals surface area contributed by atoms with Crippen molar-refractivity contribution in [2.24, 2.45) is 0 Å².